The molecular formula is C22H27N3OS. The SMILES string of the molecule is CCc1cccc(CC)c1NC(=S)N1C[C@@H]2C[C@H](C1)c1cccc(=O)n1C2. The number of nitrogens with zero attached hydrogens (tertiary/aromatic N) is 2. The number of piperidine rings is 1. The van der Waals surface area contributed by atoms with Crippen LogP contribution in [0, 0.1) is 5.92 Å². The lowest BCUT2D eigenvalue weighted by Crippen LogP contribution is -2.50. The van der Waals surface area contributed by atoms with Crippen LogP contribution in [0.2, 0.25) is 0 Å². The molecule has 0 radical (unpaired) electrons. The third kappa shape index (κ3) is 3.41. The summed E-state index contributed by atoms with van der Waals surface area (Å²) in [5.74, 6) is 0.848. The normalized spacial score (nSPS) is 20.9. The van der Waals surface area contributed by atoms with Crippen LogP contribution in [0.1, 0.15) is 43.0 Å². The Morgan fingerprint density at radius 1 is 1.07 bits per heavy atom. The highest BCUT2D eigenvalue weighted by molar-refractivity contribution is 7.80. The molecule has 0 saturated carbocycles. The molecule has 1 fully saturated rings. The number of fused-ring (bicyclic) bond motifs is 4. The topological polar surface area (TPSA) is 37.3 Å². The first-order valence-corrected chi connectivity index (χ1v) is 10.4. The smallest absolute Gasteiger partial charge is 0.250 e. The second-order valence-corrected chi connectivity index (χ2v) is 8.08. The lowest BCUT2D eigenvalue weighted by molar-refractivity contribution is 0.180. The van der Waals surface area contributed by atoms with E-state index in [0.717, 1.165) is 49.7 Å². The Morgan fingerprint density at radius 2 is 1.78 bits per heavy atom. The first-order valence-electron chi connectivity index (χ1n) is 9.97. The van der Waals surface area contributed by atoms with Gasteiger partial charge in [-0.1, -0.05) is 38.1 Å². The maximum atomic E-state index is 12.2. The molecule has 2 aromatic rings. The number of anilines is 1. The molecule has 5 heteroatoms. The van der Waals surface area contributed by atoms with E-state index >= 15 is 0 Å². The second-order valence-electron chi connectivity index (χ2n) is 7.69. The summed E-state index contributed by atoms with van der Waals surface area (Å²) in [6.07, 6.45) is 3.12. The number of para-hydroxylation sites is 1. The Hall–Kier alpha value is -2.14. The number of hydrogen-bond acceptors (Lipinski definition) is 2. The van der Waals surface area contributed by atoms with Crippen molar-refractivity contribution in [2.45, 2.75) is 45.6 Å². The number of thiocarbonyl (C=S) groups is 1. The molecule has 4 nitrogen and oxygen atoms in total. The Labute approximate surface area is 166 Å². The van der Waals surface area contributed by atoms with Gasteiger partial charge < -0.3 is 14.8 Å². The van der Waals surface area contributed by atoms with E-state index in [4.69, 9.17) is 12.2 Å². The summed E-state index contributed by atoms with van der Waals surface area (Å²) >= 11 is 5.82. The van der Waals surface area contributed by atoms with Gasteiger partial charge in [0.05, 0.1) is 0 Å². The molecule has 142 valence electrons. The molecule has 0 amide bonds. The quantitative estimate of drug-likeness (QED) is 0.821. The van der Waals surface area contributed by atoms with Gasteiger partial charge in [0.1, 0.15) is 0 Å². The molecule has 1 aromatic heterocycles. The van der Waals surface area contributed by atoms with Crippen molar-refractivity contribution in [1.82, 2.24) is 9.47 Å². The summed E-state index contributed by atoms with van der Waals surface area (Å²) in [6, 6.07) is 12.1. The van der Waals surface area contributed by atoms with Crippen molar-refractivity contribution in [3.05, 3.63) is 63.6 Å². The van der Waals surface area contributed by atoms with E-state index in [0.29, 0.717) is 11.8 Å². The van der Waals surface area contributed by atoms with Gasteiger partial charge in [-0.05, 0) is 54.6 Å². The highest BCUT2D eigenvalue weighted by atomic mass is 32.1. The zero-order chi connectivity index (χ0) is 19.0. The Bertz CT molecular complexity index is 898. The van der Waals surface area contributed by atoms with Crippen LogP contribution >= 0.6 is 12.2 Å². The van der Waals surface area contributed by atoms with Crippen molar-refractivity contribution in [3.8, 4) is 0 Å². The molecule has 2 bridgehead atoms. The van der Waals surface area contributed by atoms with E-state index in [1.165, 1.54) is 16.8 Å². The minimum Gasteiger partial charge on any atom is -0.348 e. The molecule has 0 unspecified atom stereocenters. The van der Waals surface area contributed by atoms with Gasteiger partial charge in [0.2, 0.25) is 0 Å². The predicted octanol–water partition coefficient (Wildman–Crippen LogP) is 3.79. The van der Waals surface area contributed by atoms with E-state index < -0.39 is 0 Å². The minimum atomic E-state index is 0.126. The van der Waals surface area contributed by atoms with E-state index in [2.05, 4.69) is 48.3 Å². The molecule has 2 atom stereocenters. The average molecular weight is 382 g/mol. The average Bonchev–Trinajstić information content (AvgIpc) is 2.68. The third-order valence-corrected chi connectivity index (χ3v) is 6.36. The first-order chi connectivity index (χ1) is 13.1. The number of nitrogens with one attached hydrogen (secondary N) is 1. The van der Waals surface area contributed by atoms with Crippen molar-refractivity contribution >= 4 is 23.0 Å². The number of aromatic nitrogens is 1. The van der Waals surface area contributed by atoms with Crippen molar-refractivity contribution in [3.63, 3.8) is 0 Å². The fraction of sp³-hybridized carbons (Fsp3) is 0.455. The van der Waals surface area contributed by atoms with Crippen molar-refractivity contribution in [1.29, 1.82) is 0 Å². The van der Waals surface area contributed by atoms with Crippen LogP contribution in [-0.2, 0) is 19.4 Å². The van der Waals surface area contributed by atoms with Crippen LogP contribution in [0.3, 0.4) is 0 Å². The molecule has 1 N–H and O–H groups in total. The van der Waals surface area contributed by atoms with Gasteiger partial charge in [0.15, 0.2) is 5.11 Å². The van der Waals surface area contributed by atoms with E-state index in [1.807, 2.05) is 10.6 Å². The highest BCUT2D eigenvalue weighted by Crippen LogP contribution is 2.35. The summed E-state index contributed by atoms with van der Waals surface area (Å²) in [7, 11) is 0. The third-order valence-electron chi connectivity index (χ3n) is 6.00. The fourth-order valence-corrected chi connectivity index (χ4v) is 4.90. The summed E-state index contributed by atoms with van der Waals surface area (Å²) in [5, 5.41) is 4.38. The van der Waals surface area contributed by atoms with Crippen molar-refractivity contribution in [2.24, 2.45) is 5.92 Å². The van der Waals surface area contributed by atoms with Crippen LogP contribution in [0.15, 0.2) is 41.2 Å². The largest absolute Gasteiger partial charge is 0.348 e. The maximum absolute atomic E-state index is 12.2. The fourth-order valence-electron chi connectivity index (χ4n) is 4.65. The number of rotatable bonds is 3. The maximum Gasteiger partial charge on any atom is 0.250 e. The molecule has 27 heavy (non-hydrogen) atoms. The lowest BCUT2D eigenvalue weighted by atomic mass is 9.83. The predicted molar refractivity (Wildman–Crippen MR) is 115 cm³/mol. The summed E-state index contributed by atoms with van der Waals surface area (Å²) in [5.41, 5.74) is 5.09. The number of likely N-dealkylation sites (tertiary alicyclic amines) is 1. The minimum absolute atomic E-state index is 0.126. The lowest BCUT2D eigenvalue weighted by Gasteiger charge is -2.43. The zero-order valence-electron chi connectivity index (χ0n) is 16.1. The Kier molecular flexibility index (Phi) is 5.04. The summed E-state index contributed by atoms with van der Waals surface area (Å²) in [4.78, 5) is 14.5. The van der Waals surface area contributed by atoms with Crippen LogP contribution in [0.4, 0.5) is 5.69 Å². The van der Waals surface area contributed by atoms with Gasteiger partial charge in [0.25, 0.3) is 5.56 Å². The number of hydrogen-bond donors (Lipinski definition) is 1. The van der Waals surface area contributed by atoms with Crippen LogP contribution in [0.5, 0.6) is 0 Å². The zero-order valence-corrected chi connectivity index (χ0v) is 16.9. The molecule has 2 aliphatic heterocycles. The second kappa shape index (κ2) is 7.47. The Morgan fingerprint density at radius 3 is 2.48 bits per heavy atom. The molecule has 1 aromatic carbocycles. The van der Waals surface area contributed by atoms with Gasteiger partial charge in [-0.3, -0.25) is 4.79 Å². The van der Waals surface area contributed by atoms with Gasteiger partial charge in [0, 0.05) is 43.0 Å². The van der Waals surface area contributed by atoms with Crippen molar-refractivity contribution in [2.75, 3.05) is 18.4 Å². The van der Waals surface area contributed by atoms with E-state index in [1.54, 1.807) is 6.07 Å². The molecule has 0 aliphatic carbocycles. The Balaban J connectivity index is 1.56. The van der Waals surface area contributed by atoms with Gasteiger partial charge in [-0.2, -0.15) is 0 Å². The van der Waals surface area contributed by atoms with E-state index in [9.17, 15) is 4.79 Å². The van der Waals surface area contributed by atoms with Crippen molar-refractivity contribution < 1.29 is 0 Å². The first kappa shape index (κ1) is 18.2. The molecule has 1 saturated heterocycles. The molecule has 2 aliphatic rings. The molecule has 4 rings (SSSR count). The monoisotopic (exact) mass is 381 g/mol. The summed E-state index contributed by atoms with van der Waals surface area (Å²) in [6.45, 7) is 6.96. The van der Waals surface area contributed by atoms with Gasteiger partial charge >= 0.3 is 0 Å². The number of benzene rings is 1. The van der Waals surface area contributed by atoms with Crippen LogP contribution in [-0.4, -0.2) is 27.7 Å². The number of aryl methyl sites for hydroxylation is 2. The summed E-state index contributed by atoms with van der Waals surface area (Å²) < 4.78 is 1.97. The standard InChI is InChI=1S/C22H27N3OS/c1-3-16-7-5-8-17(4-2)21(16)23-22(27)24-12-15-11-18(14-24)19-9-6-10-20(26)25(19)13-15/h5-10,15,18H,3-4,11-14H2,1-2H3,(H,23,27)/t15-,18+/m0/s1. The highest BCUT2D eigenvalue weighted by Gasteiger charge is 2.35. The van der Waals surface area contributed by atoms with E-state index in [-0.39, 0.29) is 5.56 Å². The molecule has 3 heterocycles. The van der Waals surface area contributed by atoms with Crippen LogP contribution in [0.25, 0.3) is 0 Å². The number of pyridine rings is 1. The molecular weight excluding hydrogens is 354 g/mol. The van der Waals surface area contributed by atoms with Gasteiger partial charge in [-0.15, -0.1) is 0 Å². The van der Waals surface area contributed by atoms with Gasteiger partial charge in [-0.25, -0.2) is 0 Å². The van der Waals surface area contributed by atoms with Crippen LogP contribution < -0.4 is 10.9 Å². The molecule has 0 spiro atoms.